The van der Waals surface area contributed by atoms with Gasteiger partial charge in [0.25, 0.3) is 5.56 Å². The van der Waals surface area contributed by atoms with Gasteiger partial charge in [0, 0.05) is 5.56 Å². The van der Waals surface area contributed by atoms with Crippen molar-refractivity contribution < 1.29 is 13.5 Å². The van der Waals surface area contributed by atoms with Crippen LogP contribution in [0.4, 0.5) is 8.78 Å². The standard InChI is InChI=1S/C19H18F2N2O2/c1-11(2)7-8-25-16-10-12(9-14(20)17(16)21)18-22-15-6-4-3-5-13(15)19(24)23-18/h3-6,9-11H,7-8H2,1-2H3,(H,22,23,24). The first-order valence-corrected chi connectivity index (χ1v) is 8.07. The smallest absolute Gasteiger partial charge is 0.259 e. The monoisotopic (exact) mass is 344 g/mol. The van der Waals surface area contributed by atoms with Crippen LogP contribution in [0, 0.1) is 17.6 Å². The minimum atomic E-state index is -1.05. The average molecular weight is 344 g/mol. The Labute approximate surface area is 143 Å². The number of ether oxygens (including phenoxy) is 1. The predicted molar refractivity (Wildman–Crippen MR) is 92.7 cm³/mol. The van der Waals surface area contributed by atoms with Gasteiger partial charge in [-0.3, -0.25) is 4.79 Å². The maximum atomic E-state index is 14.0. The second-order valence-corrected chi connectivity index (χ2v) is 6.23. The Morgan fingerprint density at radius 2 is 1.96 bits per heavy atom. The van der Waals surface area contributed by atoms with E-state index in [1.807, 2.05) is 13.8 Å². The van der Waals surface area contributed by atoms with Gasteiger partial charge in [0.1, 0.15) is 5.82 Å². The molecule has 0 aliphatic carbocycles. The Bertz CT molecular complexity index is 967. The van der Waals surface area contributed by atoms with Gasteiger partial charge in [0.15, 0.2) is 11.6 Å². The van der Waals surface area contributed by atoms with Gasteiger partial charge in [-0.15, -0.1) is 0 Å². The number of aromatic amines is 1. The summed E-state index contributed by atoms with van der Waals surface area (Å²) < 4.78 is 33.3. The summed E-state index contributed by atoms with van der Waals surface area (Å²) in [5.74, 6) is -1.74. The Morgan fingerprint density at radius 3 is 2.72 bits per heavy atom. The fraction of sp³-hybridized carbons (Fsp3) is 0.263. The highest BCUT2D eigenvalue weighted by molar-refractivity contribution is 5.79. The molecule has 1 N–H and O–H groups in total. The van der Waals surface area contributed by atoms with Crippen molar-refractivity contribution in [3.8, 4) is 17.1 Å². The van der Waals surface area contributed by atoms with Crippen LogP contribution in [0.1, 0.15) is 20.3 Å². The topological polar surface area (TPSA) is 55.0 Å². The molecule has 1 aromatic heterocycles. The van der Waals surface area contributed by atoms with E-state index in [2.05, 4.69) is 9.97 Å². The number of fused-ring (bicyclic) bond motifs is 1. The number of halogens is 2. The van der Waals surface area contributed by atoms with Crippen LogP contribution in [-0.2, 0) is 0 Å². The SMILES string of the molecule is CC(C)CCOc1cc(-c2nc3ccccc3c(=O)[nH]2)cc(F)c1F. The van der Waals surface area contributed by atoms with E-state index in [0.29, 0.717) is 16.8 Å². The van der Waals surface area contributed by atoms with Crippen molar-refractivity contribution in [2.24, 2.45) is 5.92 Å². The normalized spacial score (nSPS) is 11.2. The van der Waals surface area contributed by atoms with Gasteiger partial charge in [0.2, 0.25) is 5.82 Å². The number of nitrogens with zero attached hydrogens (tertiary/aromatic N) is 1. The number of para-hydroxylation sites is 1. The van der Waals surface area contributed by atoms with E-state index in [0.717, 1.165) is 12.5 Å². The molecule has 0 fully saturated rings. The first-order chi connectivity index (χ1) is 12.0. The lowest BCUT2D eigenvalue weighted by Gasteiger charge is -2.11. The molecule has 130 valence electrons. The highest BCUT2D eigenvalue weighted by Crippen LogP contribution is 2.27. The predicted octanol–water partition coefficient (Wildman–Crippen LogP) is 4.29. The molecule has 3 rings (SSSR count). The Morgan fingerprint density at radius 1 is 1.20 bits per heavy atom. The summed E-state index contributed by atoms with van der Waals surface area (Å²) in [6.45, 7) is 4.31. The van der Waals surface area contributed by atoms with Crippen molar-refractivity contribution in [3.05, 3.63) is 58.4 Å². The Kier molecular flexibility index (Phi) is 4.79. The van der Waals surface area contributed by atoms with Gasteiger partial charge in [-0.2, -0.15) is 4.39 Å². The molecule has 0 atom stereocenters. The first kappa shape index (κ1) is 17.1. The number of nitrogens with one attached hydrogen (secondary N) is 1. The number of hydrogen-bond donors (Lipinski definition) is 1. The largest absolute Gasteiger partial charge is 0.490 e. The molecule has 0 radical (unpaired) electrons. The fourth-order valence-electron chi connectivity index (χ4n) is 2.43. The van der Waals surface area contributed by atoms with Gasteiger partial charge >= 0.3 is 0 Å². The van der Waals surface area contributed by atoms with Crippen LogP contribution in [0.25, 0.3) is 22.3 Å². The molecule has 0 bridgehead atoms. The number of rotatable bonds is 5. The molecule has 0 aliphatic rings. The van der Waals surface area contributed by atoms with E-state index in [4.69, 9.17) is 4.74 Å². The molecule has 4 nitrogen and oxygen atoms in total. The number of hydrogen-bond acceptors (Lipinski definition) is 3. The summed E-state index contributed by atoms with van der Waals surface area (Å²) in [4.78, 5) is 19.1. The third-order valence-electron chi connectivity index (χ3n) is 3.83. The van der Waals surface area contributed by atoms with E-state index < -0.39 is 11.6 Å². The van der Waals surface area contributed by atoms with Gasteiger partial charge in [0.05, 0.1) is 17.5 Å². The van der Waals surface area contributed by atoms with Gasteiger partial charge in [-0.25, -0.2) is 9.37 Å². The molecule has 0 spiro atoms. The molecule has 0 unspecified atom stereocenters. The van der Waals surface area contributed by atoms with Crippen LogP contribution in [0.15, 0.2) is 41.2 Å². The summed E-state index contributed by atoms with van der Waals surface area (Å²) in [6.07, 6.45) is 0.719. The van der Waals surface area contributed by atoms with Crippen molar-refractivity contribution in [1.82, 2.24) is 9.97 Å². The highest BCUT2D eigenvalue weighted by Gasteiger charge is 2.15. The van der Waals surface area contributed by atoms with E-state index in [1.54, 1.807) is 24.3 Å². The fourth-order valence-corrected chi connectivity index (χ4v) is 2.43. The summed E-state index contributed by atoms with van der Waals surface area (Å²) in [7, 11) is 0. The first-order valence-electron chi connectivity index (χ1n) is 8.07. The Hall–Kier alpha value is -2.76. The zero-order valence-corrected chi connectivity index (χ0v) is 14.0. The lowest BCUT2D eigenvalue weighted by Crippen LogP contribution is -2.10. The molecule has 0 amide bonds. The van der Waals surface area contributed by atoms with E-state index in [1.165, 1.54) is 6.07 Å². The van der Waals surface area contributed by atoms with Crippen LogP contribution >= 0.6 is 0 Å². The van der Waals surface area contributed by atoms with Gasteiger partial charge in [-0.1, -0.05) is 26.0 Å². The number of benzene rings is 2. The van der Waals surface area contributed by atoms with Crippen molar-refractivity contribution >= 4 is 10.9 Å². The molecule has 1 heterocycles. The zero-order chi connectivity index (χ0) is 18.0. The molecule has 0 saturated heterocycles. The van der Waals surface area contributed by atoms with Crippen LogP contribution in [-0.4, -0.2) is 16.6 Å². The summed E-state index contributed by atoms with van der Waals surface area (Å²) in [5, 5.41) is 0.433. The zero-order valence-electron chi connectivity index (χ0n) is 14.0. The van der Waals surface area contributed by atoms with Crippen LogP contribution in [0.3, 0.4) is 0 Å². The second kappa shape index (κ2) is 7.01. The van der Waals surface area contributed by atoms with Crippen LogP contribution < -0.4 is 10.3 Å². The highest BCUT2D eigenvalue weighted by atomic mass is 19.2. The molecule has 0 saturated carbocycles. The quantitative estimate of drug-likeness (QED) is 0.751. The molecule has 6 heteroatoms. The maximum absolute atomic E-state index is 14.0. The lowest BCUT2D eigenvalue weighted by atomic mass is 10.1. The van der Waals surface area contributed by atoms with Gasteiger partial charge < -0.3 is 9.72 Å². The maximum Gasteiger partial charge on any atom is 0.259 e. The van der Waals surface area contributed by atoms with E-state index in [-0.39, 0.29) is 29.3 Å². The average Bonchev–Trinajstić information content (AvgIpc) is 2.58. The molecule has 25 heavy (non-hydrogen) atoms. The molecular formula is C19H18F2N2O2. The molecular weight excluding hydrogens is 326 g/mol. The van der Waals surface area contributed by atoms with Crippen LogP contribution in [0.2, 0.25) is 0 Å². The summed E-state index contributed by atoms with van der Waals surface area (Å²) in [6, 6.07) is 9.18. The number of H-pyrrole nitrogens is 1. The van der Waals surface area contributed by atoms with Crippen molar-refractivity contribution in [2.75, 3.05) is 6.61 Å². The number of aromatic nitrogens is 2. The van der Waals surface area contributed by atoms with Crippen molar-refractivity contribution in [2.45, 2.75) is 20.3 Å². The minimum Gasteiger partial charge on any atom is -0.490 e. The van der Waals surface area contributed by atoms with Crippen LogP contribution in [0.5, 0.6) is 5.75 Å². The summed E-state index contributed by atoms with van der Waals surface area (Å²) in [5.41, 5.74) is 0.391. The van der Waals surface area contributed by atoms with Gasteiger partial charge in [-0.05, 0) is 36.6 Å². The lowest BCUT2D eigenvalue weighted by molar-refractivity contribution is 0.272. The Balaban J connectivity index is 2.02. The van der Waals surface area contributed by atoms with E-state index in [9.17, 15) is 13.6 Å². The third-order valence-corrected chi connectivity index (χ3v) is 3.83. The van der Waals surface area contributed by atoms with Crippen molar-refractivity contribution in [1.29, 1.82) is 0 Å². The molecule has 2 aromatic carbocycles. The minimum absolute atomic E-state index is 0.163. The third kappa shape index (κ3) is 3.68. The second-order valence-electron chi connectivity index (χ2n) is 6.23. The molecule has 3 aromatic rings. The molecule has 0 aliphatic heterocycles. The van der Waals surface area contributed by atoms with Crippen molar-refractivity contribution in [3.63, 3.8) is 0 Å². The van der Waals surface area contributed by atoms with E-state index >= 15 is 0 Å². The summed E-state index contributed by atoms with van der Waals surface area (Å²) >= 11 is 0.